The molecule has 80 valence electrons. The third-order valence-electron chi connectivity index (χ3n) is 2.51. The summed E-state index contributed by atoms with van der Waals surface area (Å²) in [7, 11) is 1.78. The second-order valence-electron chi connectivity index (χ2n) is 3.63. The van der Waals surface area contributed by atoms with Gasteiger partial charge in [0, 0.05) is 18.6 Å². The van der Waals surface area contributed by atoms with Crippen molar-refractivity contribution >= 4 is 21.8 Å². The number of fused-ring (bicyclic) bond motifs is 3. The lowest BCUT2D eigenvalue weighted by molar-refractivity contribution is 0.780. The predicted molar refractivity (Wildman–Crippen MR) is 59.5 cm³/mol. The first kappa shape index (κ1) is 8.90. The number of hydrogen-bond acceptors (Lipinski definition) is 3. The Balaban J connectivity index is 2.69. The first-order chi connectivity index (χ1) is 7.65. The van der Waals surface area contributed by atoms with Crippen molar-refractivity contribution in [3.8, 4) is 0 Å². The zero-order valence-electron chi connectivity index (χ0n) is 8.44. The highest BCUT2D eigenvalue weighted by atomic mass is 16.2. The van der Waals surface area contributed by atoms with Crippen molar-refractivity contribution in [2.45, 2.75) is 0 Å². The number of rotatable bonds is 0. The van der Waals surface area contributed by atoms with Crippen LogP contribution in [0.4, 0.5) is 0 Å². The predicted octanol–water partition coefficient (Wildman–Crippen LogP) is 0.103. The molecule has 0 fully saturated rings. The number of aryl methyl sites for hydroxylation is 1. The van der Waals surface area contributed by atoms with Crippen molar-refractivity contribution in [1.29, 1.82) is 0 Å². The van der Waals surface area contributed by atoms with E-state index >= 15 is 0 Å². The Hall–Kier alpha value is -2.37. The highest BCUT2D eigenvalue weighted by Crippen LogP contribution is 2.18. The smallest absolute Gasteiger partial charge is 0.307 e. The van der Waals surface area contributed by atoms with Gasteiger partial charge in [0.2, 0.25) is 0 Å². The molecule has 1 aromatic carbocycles. The topological polar surface area (TPSA) is 83.5 Å². The number of H-pyrrole nitrogens is 2. The third kappa shape index (κ3) is 1.10. The minimum Gasteiger partial charge on any atom is -0.307 e. The minimum absolute atomic E-state index is 0.391. The van der Waals surface area contributed by atoms with Crippen LogP contribution < -0.4 is 11.2 Å². The number of aromatic nitrogens is 4. The molecule has 16 heavy (non-hydrogen) atoms. The molecule has 3 aromatic rings. The van der Waals surface area contributed by atoms with Crippen LogP contribution in [0, 0.1) is 0 Å². The van der Waals surface area contributed by atoms with E-state index in [1.807, 2.05) is 0 Å². The molecular weight excluding hydrogens is 208 g/mol. The second kappa shape index (κ2) is 2.82. The van der Waals surface area contributed by atoms with Crippen LogP contribution >= 0.6 is 0 Å². The maximum atomic E-state index is 11.7. The number of aromatic amines is 2. The van der Waals surface area contributed by atoms with Gasteiger partial charge in [-0.1, -0.05) is 0 Å². The molecule has 0 atom stereocenters. The van der Waals surface area contributed by atoms with Gasteiger partial charge in [-0.2, -0.15) is 5.10 Å². The van der Waals surface area contributed by atoms with Gasteiger partial charge in [0.05, 0.1) is 16.4 Å². The van der Waals surface area contributed by atoms with Gasteiger partial charge >= 0.3 is 5.69 Å². The Morgan fingerprint density at radius 2 is 2.06 bits per heavy atom. The Kier molecular flexibility index (Phi) is 1.57. The molecule has 2 heterocycles. The van der Waals surface area contributed by atoms with Crippen LogP contribution in [0.15, 0.2) is 27.9 Å². The lowest BCUT2D eigenvalue weighted by Gasteiger charge is -1.96. The molecule has 0 saturated carbocycles. The Labute approximate surface area is 88.5 Å². The minimum atomic E-state index is -0.499. The van der Waals surface area contributed by atoms with E-state index in [4.69, 9.17) is 0 Å². The summed E-state index contributed by atoms with van der Waals surface area (Å²) in [5.41, 5.74) is 0.361. The van der Waals surface area contributed by atoms with Crippen LogP contribution in [0.25, 0.3) is 21.8 Å². The Bertz CT molecular complexity index is 809. The van der Waals surface area contributed by atoms with Gasteiger partial charge in [-0.25, -0.2) is 4.79 Å². The number of hydrogen-bond donors (Lipinski definition) is 2. The number of benzene rings is 1. The summed E-state index contributed by atoms with van der Waals surface area (Å²) in [6.07, 6.45) is 1.76. The summed E-state index contributed by atoms with van der Waals surface area (Å²) in [6, 6.07) is 3.45. The summed E-state index contributed by atoms with van der Waals surface area (Å²) in [6.45, 7) is 0. The second-order valence-corrected chi connectivity index (χ2v) is 3.63. The van der Waals surface area contributed by atoms with E-state index in [-0.39, 0.29) is 0 Å². The molecule has 3 rings (SSSR count). The summed E-state index contributed by atoms with van der Waals surface area (Å²) >= 11 is 0. The normalized spacial score (nSPS) is 11.3. The molecule has 2 N–H and O–H groups in total. The van der Waals surface area contributed by atoms with Crippen LogP contribution in [0.3, 0.4) is 0 Å². The fourth-order valence-electron chi connectivity index (χ4n) is 1.88. The molecular formula is C10H8N4O2. The van der Waals surface area contributed by atoms with Crippen LogP contribution in [0.2, 0.25) is 0 Å². The SMILES string of the molecule is Cn1cc2c(ccc3[nH]c(=O)[nH]c(=O)c32)n1. The van der Waals surface area contributed by atoms with E-state index in [1.165, 1.54) is 0 Å². The van der Waals surface area contributed by atoms with Gasteiger partial charge in [0.1, 0.15) is 0 Å². The molecule has 0 aliphatic rings. The lowest BCUT2D eigenvalue weighted by Crippen LogP contribution is -2.21. The van der Waals surface area contributed by atoms with Gasteiger partial charge in [-0.3, -0.25) is 14.5 Å². The van der Waals surface area contributed by atoms with Crippen molar-refractivity contribution in [2.75, 3.05) is 0 Å². The Morgan fingerprint density at radius 1 is 1.25 bits per heavy atom. The van der Waals surface area contributed by atoms with E-state index in [0.29, 0.717) is 10.9 Å². The standard InChI is InChI=1S/C10H8N4O2/c1-14-4-5-6(13-14)2-3-7-8(5)9(15)12-10(16)11-7/h2-4H,1H3,(H2,11,12,15,16). The molecule has 6 nitrogen and oxygen atoms in total. The largest absolute Gasteiger partial charge is 0.326 e. The molecule has 6 heteroatoms. The van der Waals surface area contributed by atoms with Gasteiger partial charge in [-0.15, -0.1) is 0 Å². The quantitative estimate of drug-likeness (QED) is 0.559. The molecule has 0 unspecified atom stereocenters. The van der Waals surface area contributed by atoms with Gasteiger partial charge in [0.25, 0.3) is 5.56 Å². The maximum Gasteiger partial charge on any atom is 0.326 e. The van der Waals surface area contributed by atoms with Crippen LogP contribution in [0.1, 0.15) is 0 Å². The fraction of sp³-hybridized carbons (Fsp3) is 0.100. The van der Waals surface area contributed by atoms with Crippen LogP contribution in [0.5, 0.6) is 0 Å². The Morgan fingerprint density at radius 3 is 2.88 bits per heavy atom. The molecule has 0 spiro atoms. The highest BCUT2D eigenvalue weighted by Gasteiger charge is 2.08. The summed E-state index contributed by atoms with van der Waals surface area (Å²) in [5.74, 6) is 0. The fourth-order valence-corrected chi connectivity index (χ4v) is 1.88. The van der Waals surface area contributed by atoms with Gasteiger partial charge in [-0.05, 0) is 12.1 Å². The van der Waals surface area contributed by atoms with E-state index in [2.05, 4.69) is 15.1 Å². The average molecular weight is 216 g/mol. The van der Waals surface area contributed by atoms with Crippen molar-refractivity contribution in [3.63, 3.8) is 0 Å². The number of nitrogens with one attached hydrogen (secondary N) is 2. The zero-order valence-corrected chi connectivity index (χ0v) is 8.44. The highest BCUT2D eigenvalue weighted by molar-refractivity contribution is 6.03. The van der Waals surface area contributed by atoms with Crippen molar-refractivity contribution < 1.29 is 0 Å². The molecule has 0 radical (unpaired) electrons. The molecule has 0 saturated heterocycles. The summed E-state index contributed by atoms with van der Waals surface area (Å²) in [4.78, 5) is 27.6. The van der Waals surface area contributed by atoms with E-state index < -0.39 is 11.2 Å². The number of nitrogens with zero attached hydrogens (tertiary/aromatic N) is 2. The van der Waals surface area contributed by atoms with Crippen molar-refractivity contribution in [1.82, 2.24) is 19.7 Å². The van der Waals surface area contributed by atoms with Gasteiger partial charge in [0.15, 0.2) is 0 Å². The van der Waals surface area contributed by atoms with E-state index in [9.17, 15) is 9.59 Å². The monoisotopic (exact) mass is 216 g/mol. The van der Waals surface area contributed by atoms with Crippen molar-refractivity contribution in [3.05, 3.63) is 39.2 Å². The summed E-state index contributed by atoms with van der Waals surface area (Å²) < 4.78 is 1.63. The van der Waals surface area contributed by atoms with Crippen LogP contribution in [-0.2, 0) is 7.05 Å². The first-order valence-electron chi connectivity index (χ1n) is 4.74. The molecule has 2 aromatic heterocycles. The molecule has 0 bridgehead atoms. The van der Waals surface area contributed by atoms with Crippen molar-refractivity contribution in [2.24, 2.45) is 7.05 Å². The maximum absolute atomic E-state index is 11.7. The third-order valence-corrected chi connectivity index (χ3v) is 2.51. The zero-order chi connectivity index (χ0) is 11.3. The van der Waals surface area contributed by atoms with E-state index in [0.717, 1.165) is 10.9 Å². The van der Waals surface area contributed by atoms with Gasteiger partial charge < -0.3 is 4.98 Å². The first-order valence-corrected chi connectivity index (χ1v) is 4.74. The molecule has 0 amide bonds. The van der Waals surface area contributed by atoms with E-state index in [1.54, 1.807) is 30.1 Å². The molecule has 0 aliphatic carbocycles. The lowest BCUT2D eigenvalue weighted by atomic mass is 10.1. The van der Waals surface area contributed by atoms with Crippen LogP contribution in [-0.4, -0.2) is 19.7 Å². The molecule has 0 aliphatic heterocycles. The summed E-state index contributed by atoms with van der Waals surface area (Å²) in [5, 5.41) is 5.40. The average Bonchev–Trinajstić information content (AvgIpc) is 2.56.